The van der Waals surface area contributed by atoms with Crippen molar-refractivity contribution in [2.45, 2.75) is 45.1 Å². The number of hydrogen-bond acceptors (Lipinski definition) is 3. The number of morpholine rings is 1. The molecular weight excluding hydrogens is 180 g/mol. The minimum absolute atomic E-state index is 0.118. The van der Waals surface area contributed by atoms with E-state index in [0.29, 0.717) is 6.54 Å². The summed E-state index contributed by atoms with van der Waals surface area (Å²) in [5.74, 6) is 5.50. The molecule has 0 atom stereocenters. The highest BCUT2D eigenvalue weighted by atomic mass is 16.5. The minimum atomic E-state index is -0.188. The van der Waals surface area contributed by atoms with Gasteiger partial charge in [-0.3, -0.25) is 9.80 Å². The van der Waals surface area contributed by atoms with Gasteiger partial charge in [0.1, 0.15) is 6.61 Å². The number of rotatable bonds is 4. The molecule has 1 amide bonds. The summed E-state index contributed by atoms with van der Waals surface area (Å²) >= 11 is 0. The van der Waals surface area contributed by atoms with E-state index in [9.17, 15) is 4.79 Å². The van der Waals surface area contributed by atoms with E-state index < -0.39 is 0 Å². The lowest BCUT2D eigenvalue weighted by Crippen LogP contribution is -2.57. The van der Waals surface area contributed by atoms with Crippen molar-refractivity contribution in [1.82, 2.24) is 5.01 Å². The summed E-state index contributed by atoms with van der Waals surface area (Å²) in [7, 11) is 0. The summed E-state index contributed by atoms with van der Waals surface area (Å²) in [5.41, 5.74) is -0.188. The maximum Gasteiger partial charge on any atom is 0.262 e. The van der Waals surface area contributed by atoms with Gasteiger partial charge >= 0.3 is 0 Å². The first-order chi connectivity index (χ1) is 6.63. The van der Waals surface area contributed by atoms with Gasteiger partial charge in [0.2, 0.25) is 0 Å². The molecule has 2 N–H and O–H groups in total. The highest BCUT2D eigenvalue weighted by Gasteiger charge is 2.37. The van der Waals surface area contributed by atoms with Crippen LogP contribution in [0.2, 0.25) is 0 Å². The minimum Gasteiger partial charge on any atom is -0.363 e. The van der Waals surface area contributed by atoms with Gasteiger partial charge in [-0.05, 0) is 12.8 Å². The second-order valence-corrected chi connectivity index (χ2v) is 3.99. The maximum atomic E-state index is 11.2. The average Bonchev–Trinajstić information content (AvgIpc) is 2.13. The number of amides is 1. The van der Waals surface area contributed by atoms with Gasteiger partial charge in [0.05, 0.1) is 12.1 Å². The van der Waals surface area contributed by atoms with Gasteiger partial charge < -0.3 is 4.74 Å². The van der Waals surface area contributed by atoms with E-state index in [1.165, 1.54) is 5.01 Å². The van der Waals surface area contributed by atoms with Gasteiger partial charge in [-0.2, -0.15) is 0 Å². The third-order valence-electron chi connectivity index (χ3n) is 2.69. The first kappa shape index (κ1) is 11.5. The third kappa shape index (κ3) is 2.45. The second kappa shape index (κ2) is 4.75. The van der Waals surface area contributed by atoms with Gasteiger partial charge in [0.15, 0.2) is 0 Å². The van der Waals surface area contributed by atoms with Crippen LogP contribution in [0, 0.1) is 0 Å². The van der Waals surface area contributed by atoms with Crippen LogP contribution < -0.4 is 5.84 Å². The predicted octanol–water partition coefficient (Wildman–Crippen LogP) is 1.06. The molecule has 1 saturated heterocycles. The largest absolute Gasteiger partial charge is 0.363 e. The smallest absolute Gasteiger partial charge is 0.262 e. The second-order valence-electron chi connectivity index (χ2n) is 3.99. The number of nitrogens with zero attached hydrogens (tertiary/aromatic N) is 1. The van der Waals surface area contributed by atoms with Crippen molar-refractivity contribution in [3.05, 3.63) is 0 Å². The summed E-state index contributed by atoms with van der Waals surface area (Å²) in [6.45, 7) is 4.92. The number of nitrogens with two attached hydrogens (primary N) is 1. The van der Waals surface area contributed by atoms with Crippen LogP contribution in [-0.4, -0.2) is 29.7 Å². The zero-order valence-corrected chi connectivity index (χ0v) is 9.08. The number of hydrazine groups is 1. The van der Waals surface area contributed by atoms with E-state index in [-0.39, 0.29) is 18.1 Å². The molecule has 0 aliphatic carbocycles. The zero-order chi connectivity index (χ0) is 10.6. The van der Waals surface area contributed by atoms with Crippen molar-refractivity contribution in [2.75, 3.05) is 13.2 Å². The van der Waals surface area contributed by atoms with Crippen LogP contribution in [-0.2, 0) is 9.53 Å². The number of ether oxygens (including phenoxy) is 1. The highest BCUT2D eigenvalue weighted by molar-refractivity contribution is 5.77. The summed E-state index contributed by atoms with van der Waals surface area (Å²) in [6, 6.07) is 0. The molecule has 0 unspecified atom stereocenters. The number of carbonyl (C=O) groups excluding carboxylic acids is 1. The van der Waals surface area contributed by atoms with Crippen molar-refractivity contribution in [3.8, 4) is 0 Å². The molecule has 0 radical (unpaired) electrons. The SMILES string of the molecule is CCCC1(CCC)CN(N)C(=O)CO1. The van der Waals surface area contributed by atoms with E-state index in [1.807, 2.05) is 0 Å². The Labute approximate surface area is 85.4 Å². The molecule has 0 aromatic carbocycles. The van der Waals surface area contributed by atoms with Gasteiger partial charge in [-0.25, -0.2) is 5.84 Å². The molecular formula is C10H20N2O2. The van der Waals surface area contributed by atoms with Crippen molar-refractivity contribution >= 4 is 5.91 Å². The van der Waals surface area contributed by atoms with E-state index in [1.54, 1.807) is 0 Å². The summed E-state index contributed by atoms with van der Waals surface area (Å²) < 4.78 is 5.66. The van der Waals surface area contributed by atoms with Crippen LogP contribution in [0.3, 0.4) is 0 Å². The Hall–Kier alpha value is -0.610. The van der Waals surface area contributed by atoms with Crippen LogP contribution >= 0.6 is 0 Å². The van der Waals surface area contributed by atoms with Crippen molar-refractivity contribution < 1.29 is 9.53 Å². The van der Waals surface area contributed by atoms with Crippen LogP contribution in [0.15, 0.2) is 0 Å². The summed E-state index contributed by atoms with van der Waals surface area (Å²) in [6.07, 6.45) is 4.06. The summed E-state index contributed by atoms with van der Waals surface area (Å²) in [4.78, 5) is 11.2. The zero-order valence-electron chi connectivity index (χ0n) is 9.08. The monoisotopic (exact) mass is 200 g/mol. The molecule has 1 fully saturated rings. The molecule has 0 saturated carbocycles. The molecule has 0 aromatic heterocycles. The Morgan fingerprint density at radius 1 is 1.43 bits per heavy atom. The maximum absolute atomic E-state index is 11.2. The normalized spacial score (nSPS) is 21.4. The van der Waals surface area contributed by atoms with Crippen molar-refractivity contribution in [1.29, 1.82) is 0 Å². The van der Waals surface area contributed by atoms with Crippen LogP contribution in [0.5, 0.6) is 0 Å². The predicted molar refractivity (Wildman–Crippen MR) is 54.4 cm³/mol. The van der Waals surface area contributed by atoms with Crippen LogP contribution in [0.4, 0.5) is 0 Å². The van der Waals surface area contributed by atoms with Gasteiger partial charge in [-0.15, -0.1) is 0 Å². The number of hydrogen-bond donors (Lipinski definition) is 1. The van der Waals surface area contributed by atoms with Gasteiger partial charge in [0.25, 0.3) is 5.91 Å². The molecule has 1 heterocycles. The molecule has 0 aromatic rings. The Kier molecular flexibility index (Phi) is 3.89. The molecule has 14 heavy (non-hydrogen) atoms. The molecule has 4 nitrogen and oxygen atoms in total. The van der Waals surface area contributed by atoms with E-state index in [0.717, 1.165) is 25.7 Å². The molecule has 1 aliphatic rings. The molecule has 0 spiro atoms. The first-order valence-electron chi connectivity index (χ1n) is 5.32. The fraction of sp³-hybridized carbons (Fsp3) is 0.900. The fourth-order valence-corrected chi connectivity index (χ4v) is 2.08. The van der Waals surface area contributed by atoms with Crippen molar-refractivity contribution in [3.63, 3.8) is 0 Å². The lowest BCUT2D eigenvalue weighted by atomic mass is 9.91. The fourth-order valence-electron chi connectivity index (χ4n) is 2.08. The van der Waals surface area contributed by atoms with Crippen molar-refractivity contribution in [2.24, 2.45) is 5.84 Å². The average molecular weight is 200 g/mol. The Bertz CT molecular complexity index is 200. The summed E-state index contributed by atoms with van der Waals surface area (Å²) in [5, 5.41) is 1.30. The Balaban J connectivity index is 2.63. The topological polar surface area (TPSA) is 55.6 Å². The standard InChI is InChI=1S/C10H20N2O2/c1-3-5-10(6-4-2)8-12(11)9(13)7-14-10/h3-8,11H2,1-2H3. The van der Waals surface area contributed by atoms with Crippen LogP contribution in [0.1, 0.15) is 39.5 Å². The van der Waals surface area contributed by atoms with Crippen LogP contribution in [0.25, 0.3) is 0 Å². The quantitative estimate of drug-likeness (QED) is 0.545. The molecule has 4 heteroatoms. The van der Waals surface area contributed by atoms with E-state index in [4.69, 9.17) is 10.6 Å². The first-order valence-corrected chi connectivity index (χ1v) is 5.32. The lowest BCUT2D eigenvalue weighted by molar-refractivity contribution is -0.166. The Morgan fingerprint density at radius 3 is 2.43 bits per heavy atom. The third-order valence-corrected chi connectivity index (χ3v) is 2.69. The lowest BCUT2D eigenvalue weighted by Gasteiger charge is -2.40. The molecule has 1 rings (SSSR count). The number of carbonyl (C=O) groups is 1. The van der Waals surface area contributed by atoms with Gasteiger partial charge in [-0.1, -0.05) is 26.7 Å². The molecule has 1 aliphatic heterocycles. The Morgan fingerprint density at radius 2 is 2.00 bits per heavy atom. The van der Waals surface area contributed by atoms with E-state index >= 15 is 0 Å². The highest BCUT2D eigenvalue weighted by Crippen LogP contribution is 2.27. The van der Waals surface area contributed by atoms with Gasteiger partial charge in [0, 0.05) is 0 Å². The molecule has 82 valence electrons. The van der Waals surface area contributed by atoms with E-state index in [2.05, 4.69) is 13.8 Å². The molecule has 0 bridgehead atoms.